The molecule has 0 unspecified atom stereocenters. The zero-order valence-corrected chi connectivity index (χ0v) is 20.7. The van der Waals surface area contributed by atoms with Gasteiger partial charge in [-0.25, -0.2) is 9.10 Å². The number of anilines is 2. The quantitative estimate of drug-likeness (QED) is 0.615. The van der Waals surface area contributed by atoms with Crippen molar-refractivity contribution in [2.24, 2.45) is 0 Å². The Morgan fingerprint density at radius 3 is 2.50 bits per heavy atom. The van der Waals surface area contributed by atoms with Crippen LogP contribution in [0.1, 0.15) is 44.8 Å². The monoisotopic (exact) mass is 479 g/mol. The van der Waals surface area contributed by atoms with Gasteiger partial charge < -0.3 is 10.1 Å². The summed E-state index contributed by atoms with van der Waals surface area (Å²) < 4.78 is 33.2. The number of aryl methyl sites for hydroxylation is 3. The first kappa shape index (κ1) is 24.2. The number of amides is 1. The minimum atomic E-state index is -3.93. The van der Waals surface area contributed by atoms with E-state index >= 15 is 0 Å². The molecule has 0 atom stereocenters. The maximum Gasteiger partial charge on any atom is 0.341 e. The van der Waals surface area contributed by atoms with E-state index in [9.17, 15) is 18.0 Å². The first-order chi connectivity index (χ1) is 15.1. The van der Waals surface area contributed by atoms with Gasteiger partial charge in [0.1, 0.15) is 11.5 Å². The normalized spacial score (nSPS) is 13.6. The number of hydrogen-bond donors (Lipinski definition) is 1. The number of rotatable bonds is 7. The van der Waals surface area contributed by atoms with Gasteiger partial charge in [-0.2, -0.15) is 12.7 Å². The molecule has 1 aliphatic carbocycles. The van der Waals surface area contributed by atoms with E-state index in [0.717, 1.165) is 55.9 Å². The molecule has 8 nitrogen and oxygen atoms in total. The SMILES string of the molecule is COC(=O)c1c(NC(=O)CN(c2cc(C)ccc2C)S(=O)(=O)N(C)C)sc2c1CCCC2. The average Bonchev–Trinajstić information content (AvgIpc) is 3.10. The van der Waals surface area contributed by atoms with Gasteiger partial charge in [0, 0.05) is 19.0 Å². The fourth-order valence-electron chi connectivity index (χ4n) is 3.74. The average molecular weight is 480 g/mol. The van der Waals surface area contributed by atoms with Gasteiger partial charge in [-0.1, -0.05) is 12.1 Å². The van der Waals surface area contributed by atoms with Crippen molar-refractivity contribution in [3.8, 4) is 0 Å². The van der Waals surface area contributed by atoms with Gasteiger partial charge in [-0.05, 0) is 62.3 Å². The highest BCUT2D eigenvalue weighted by Gasteiger charge is 2.31. The van der Waals surface area contributed by atoms with E-state index in [4.69, 9.17) is 4.74 Å². The van der Waals surface area contributed by atoms with Gasteiger partial charge in [-0.15, -0.1) is 11.3 Å². The molecule has 0 bridgehead atoms. The van der Waals surface area contributed by atoms with Crippen LogP contribution in [-0.4, -0.2) is 52.3 Å². The Morgan fingerprint density at radius 2 is 1.84 bits per heavy atom. The molecule has 0 spiro atoms. The fourth-order valence-corrected chi connectivity index (χ4v) is 6.16. The van der Waals surface area contributed by atoms with Crippen LogP contribution >= 0.6 is 11.3 Å². The molecule has 1 aliphatic rings. The van der Waals surface area contributed by atoms with Gasteiger partial charge >= 0.3 is 16.2 Å². The third-order valence-corrected chi connectivity index (χ3v) is 8.49. The highest BCUT2D eigenvalue weighted by atomic mass is 32.2. The van der Waals surface area contributed by atoms with E-state index in [1.54, 1.807) is 13.0 Å². The molecule has 0 radical (unpaired) electrons. The summed E-state index contributed by atoms with van der Waals surface area (Å²) in [6.45, 7) is 3.24. The van der Waals surface area contributed by atoms with Crippen LogP contribution in [0.3, 0.4) is 0 Å². The first-order valence-electron chi connectivity index (χ1n) is 10.4. The molecule has 0 fully saturated rings. The van der Waals surface area contributed by atoms with Crippen LogP contribution in [0.2, 0.25) is 0 Å². The molecule has 1 aromatic heterocycles. The Labute approximate surface area is 193 Å². The predicted octanol–water partition coefficient (Wildman–Crippen LogP) is 3.28. The Morgan fingerprint density at radius 1 is 1.16 bits per heavy atom. The summed E-state index contributed by atoms with van der Waals surface area (Å²) >= 11 is 1.37. The second-order valence-electron chi connectivity index (χ2n) is 8.04. The minimum Gasteiger partial charge on any atom is -0.465 e. The summed E-state index contributed by atoms with van der Waals surface area (Å²) in [6.07, 6.45) is 3.62. The standard InChI is InChI=1S/C22H29N3O5S2/c1-14-10-11-15(2)17(12-14)25(32(28,29)24(3)4)13-19(26)23-21-20(22(27)30-5)16-8-6-7-9-18(16)31-21/h10-12H,6-9,13H2,1-5H3,(H,23,26). The van der Waals surface area contributed by atoms with Crippen molar-refractivity contribution in [1.29, 1.82) is 0 Å². The zero-order valence-electron chi connectivity index (χ0n) is 19.0. The number of carbonyl (C=O) groups is 2. The number of carbonyl (C=O) groups excluding carboxylic acids is 2. The largest absolute Gasteiger partial charge is 0.465 e. The number of hydrogen-bond acceptors (Lipinski definition) is 6. The molecule has 0 aliphatic heterocycles. The van der Waals surface area contributed by atoms with Crippen molar-refractivity contribution in [3.05, 3.63) is 45.3 Å². The second kappa shape index (κ2) is 9.60. The van der Waals surface area contributed by atoms with Gasteiger partial charge in [0.25, 0.3) is 0 Å². The zero-order chi connectivity index (χ0) is 23.6. The van der Waals surface area contributed by atoms with E-state index in [1.165, 1.54) is 32.5 Å². The van der Waals surface area contributed by atoms with E-state index in [0.29, 0.717) is 16.3 Å². The lowest BCUT2D eigenvalue weighted by Crippen LogP contribution is -2.44. The van der Waals surface area contributed by atoms with Crippen LogP contribution in [0.15, 0.2) is 18.2 Å². The van der Waals surface area contributed by atoms with Crippen molar-refractivity contribution >= 4 is 44.1 Å². The molecule has 1 N–H and O–H groups in total. The minimum absolute atomic E-state index is 0.384. The summed E-state index contributed by atoms with van der Waals surface area (Å²) in [5.74, 6) is -1.02. The molecule has 0 saturated heterocycles. The number of ether oxygens (including phenoxy) is 1. The molecule has 174 valence electrons. The third kappa shape index (κ3) is 4.82. The lowest BCUT2D eigenvalue weighted by Gasteiger charge is -2.28. The van der Waals surface area contributed by atoms with Crippen LogP contribution < -0.4 is 9.62 Å². The molecule has 2 aromatic rings. The van der Waals surface area contributed by atoms with Crippen LogP contribution in [0.4, 0.5) is 10.7 Å². The Kier molecular flexibility index (Phi) is 7.26. The maximum absolute atomic E-state index is 13.1. The Bertz CT molecular complexity index is 1140. The van der Waals surface area contributed by atoms with Crippen LogP contribution in [0.25, 0.3) is 0 Å². The highest BCUT2D eigenvalue weighted by molar-refractivity contribution is 7.90. The molecule has 1 amide bonds. The number of methoxy groups -OCH3 is 1. The molecule has 10 heteroatoms. The molecule has 32 heavy (non-hydrogen) atoms. The van der Waals surface area contributed by atoms with Crippen molar-refractivity contribution in [2.45, 2.75) is 39.5 Å². The van der Waals surface area contributed by atoms with Gasteiger partial charge in [-0.3, -0.25) is 4.79 Å². The van der Waals surface area contributed by atoms with Crippen molar-refractivity contribution in [2.75, 3.05) is 37.4 Å². The van der Waals surface area contributed by atoms with Crippen molar-refractivity contribution in [1.82, 2.24) is 4.31 Å². The van der Waals surface area contributed by atoms with Crippen LogP contribution in [-0.2, 0) is 32.6 Å². The van der Waals surface area contributed by atoms with Gasteiger partial charge in [0.2, 0.25) is 5.91 Å². The second-order valence-corrected chi connectivity index (χ2v) is 11.2. The number of nitrogens with zero attached hydrogens (tertiary/aromatic N) is 2. The molecular formula is C22H29N3O5S2. The predicted molar refractivity (Wildman–Crippen MR) is 127 cm³/mol. The molecule has 1 heterocycles. The van der Waals surface area contributed by atoms with E-state index < -0.39 is 28.6 Å². The summed E-state index contributed by atoms with van der Waals surface area (Å²) in [6, 6.07) is 5.45. The molecular weight excluding hydrogens is 450 g/mol. The summed E-state index contributed by atoms with van der Waals surface area (Å²) in [5, 5.41) is 3.20. The maximum atomic E-state index is 13.1. The summed E-state index contributed by atoms with van der Waals surface area (Å²) in [5.41, 5.74) is 3.36. The first-order valence-corrected chi connectivity index (χ1v) is 12.6. The van der Waals surface area contributed by atoms with Gasteiger partial charge in [0.05, 0.1) is 18.4 Å². The smallest absolute Gasteiger partial charge is 0.341 e. The number of thiophene rings is 1. The molecule has 1 aromatic carbocycles. The molecule has 3 rings (SSSR count). The number of esters is 1. The van der Waals surface area contributed by atoms with E-state index in [1.807, 2.05) is 19.1 Å². The summed E-state index contributed by atoms with van der Waals surface area (Å²) in [7, 11) is 0.227. The van der Waals surface area contributed by atoms with Gasteiger partial charge in [0.15, 0.2) is 0 Å². The van der Waals surface area contributed by atoms with Crippen molar-refractivity contribution < 1.29 is 22.7 Å². The Balaban J connectivity index is 1.95. The molecule has 0 saturated carbocycles. The topological polar surface area (TPSA) is 96.0 Å². The lowest BCUT2D eigenvalue weighted by molar-refractivity contribution is -0.114. The lowest BCUT2D eigenvalue weighted by atomic mass is 9.95. The Hall–Kier alpha value is -2.43. The number of benzene rings is 1. The number of nitrogens with one attached hydrogen (secondary N) is 1. The van der Waals surface area contributed by atoms with Crippen molar-refractivity contribution in [3.63, 3.8) is 0 Å². The third-order valence-electron chi connectivity index (χ3n) is 5.47. The highest BCUT2D eigenvalue weighted by Crippen LogP contribution is 2.38. The van der Waals surface area contributed by atoms with Crippen LogP contribution in [0, 0.1) is 13.8 Å². The number of fused-ring (bicyclic) bond motifs is 1. The van der Waals surface area contributed by atoms with Crippen LogP contribution in [0.5, 0.6) is 0 Å². The van der Waals surface area contributed by atoms with E-state index in [-0.39, 0.29) is 0 Å². The fraction of sp³-hybridized carbons (Fsp3) is 0.455. The van der Waals surface area contributed by atoms with E-state index in [2.05, 4.69) is 5.32 Å². The summed E-state index contributed by atoms with van der Waals surface area (Å²) in [4.78, 5) is 26.6.